The first-order valence-corrected chi connectivity index (χ1v) is 15.0. The molecule has 1 saturated heterocycles. The molecule has 1 aromatic heterocycles. The molecule has 1 unspecified atom stereocenters. The Labute approximate surface area is 257 Å². The average Bonchev–Trinajstić information content (AvgIpc) is 3.62. The Bertz CT molecular complexity index is 1700. The summed E-state index contributed by atoms with van der Waals surface area (Å²) in [6.07, 6.45) is -2.96. The molecule has 1 N–H and O–H groups in total. The number of aromatic nitrogens is 3. The van der Waals surface area contributed by atoms with Gasteiger partial charge in [0, 0.05) is 12.1 Å². The second-order valence-electron chi connectivity index (χ2n) is 10.9. The number of halogens is 3. The number of rotatable bonds is 7. The van der Waals surface area contributed by atoms with Gasteiger partial charge >= 0.3 is 12.2 Å². The zero-order valence-electron chi connectivity index (χ0n) is 24.6. The molecule has 228 valence electrons. The molecule has 8 nitrogen and oxygen atoms in total. The molecule has 0 spiro atoms. The topological polar surface area (TPSA) is 92.5 Å². The molecule has 1 atom stereocenters. The predicted octanol–water partition coefficient (Wildman–Crippen LogP) is 7.33. The summed E-state index contributed by atoms with van der Waals surface area (Å²) >= 11 is 1.25. The van der Waals surface area contributed by atoms with Crippen LogP contribution in [0.3, 0.4) is 0 Å². The molecule has 1 fully saturated rings. The minimum absolute atomic E-state index is 0.0378. The molecule has 1 aliphatic heterocycles. The Morgan fingerprint density at radius 1 is 1.05 bits per heavy atom. The first-order valence-electron chi connectivity index (χ1n) is 14.0. The number of alkyl halides is 3. The van der Waals surface area contributed by atoms with Crippen molar-refractivity contribution < 1.29 is 22.8 Å². The van der Waals surface area contributed by atoms with Gasteiger partial charge in [0.1, 0.15) is 6.33 Å². The minimum atomic E-state index is -4.41. The lowest BCUT2D eigenvalue weighted by Gasteiger charge is -2.22. The lowest BCUT2D eigenvalue weighted by molar-refractivity contribution is -0.137. The van der Waals surface area contributed by atoms with Crippen LogP contribution in [-0.2, 0) is 11.0 Å². The van der Waals surface area contributed by atoms with Crippen LogP contribution in [0.4, 0.5) is 23.7 Å². The third-order valence-corrected chi connectivity index (χ3v) is 8.18. The fourth-order valence-electron chi connectivity index (χ4n) is 4.79. The molecule has 3 amide bonds. The smallest absolute Gasteiger partial charge is 0.336 e. The molecule has 0 aliphatic carbocycles. The third kappa shape index (κ3) is 6.85. The van der Waals surface area contributed by atoms with Crippen molar-refractivity contribution in [2.75, 3.05) is 17.2 Å². The number of hydrogen-bond acceptors (Lipinski definition) is 5. The normalized spacial score (nSPS) is 15.3. The Kier molecular flexibility index (Phi) is 8.91. The number of anilines is 1. The quantitative estimate of drug-likeness (QED) is 0.234. The van der Waals surface area contributed by atoms with Crippen molar-refractivity contribution in [3.63, 3.8) is 0 Å². The van der Waals surface area contributed by atoms with Crippen LogP contribution in [0.5, 0.6) is 0 Å². The predicted molar refractivity (Wildman–Crippen MR) is 166 cm³/mol. The van der Waals surface area contributed by atoms with Crippen LogP contribution in [0.25, 0.3) is 17.1 Å². The number of carbonyl (C=O) groups is 2. The van der Waals surface area contributed by atoms with E-state index in [2.05, 4.69) is 34.2 Å². The number of aryl methyl sites for hydroxylation is 1. The van der Waals surface area contributed by atoms with Gasteiger partial charge in [-0.25, -0.2) is 14.5 Å². The standard InChI is InChI=1S/C32H31F3N6O2S/c1-19(2)26-14-5-20(3)15-27(26)41-28(42)17-44-31(41)38-30(43)36-16-21(4)22-6-8-23(9-7-22)29-37-18-40(39-29)25-12-10-24(11-13-25)32(33,34)35/h5-15,18-19,21H,16-17H2,1-4H3,(H,36,43). The molecule has 5 rings (SSSR count). The van der Waals surface area contributed by atoms with E-state index in [9.17, 15) is 22.8 Å². The van der Waals surface area contributed by atoms with Crippen molar-refractivity contribution in [2.24, 2.45) is 4.99 Å². The van der Waals surface area contributed by atoms with Crippen molar-refractivity contribution >= 4 is 34.6 Å². The van der Waals surface area contributed by atoms with Gasteiger partial charge in [0.25, 0.3) is 0 Å². The average molecular weight is 621 g/mol. The largest absolute Gasteiger partial charge is 0.416 e. The van der Waals surface area contributed by atoms with E-state index in [4.69, 9.17) is 0 Å². The monoisotopic (exact) mass is 620 g/mol. The van der Waals surface area contributed by atoms with Crippen LogP contribution >= 0.6 is 11.8 Å². The molecule has 1 aliphatic rings. The molecule has 4 aromatic rings. The van der Waals surface area contributed by atoms with E-state index in [-0.39, 0.29) is 23.5 Å². The lowest BCUT2D eigenvalue weighted by atomic mass is 9.99. The number of thioether (sulfide) groups is 1. The van der Waals surface area contributed by atoms with Crippen LogP contribution < -0.4 is 10.2 Å². The van der Waals surface area contributed by atoms with Crippen molar-refractivity contribution in [1.82, 2.24) is 20.1 Å². The third-order valence-electron chi connectivity index (χ3n) is 7.26. The second kappa shape index (κ2) is 12.7. The fourth-order valence-corrected chi connectivity index (χ4v) is 5.64. The van der Waals surface area contributed by atoms with Crippen LogP contribution in [0, 0.1) is 6.92 Å². The maximum absolute atomic E-state index is 12.9. The first-order chi connectivity index (χ1) is 20.9. The van der Waals surface area contributed by atoms with Crippen LogP contribution in [0.2, 0.25) is 0 Å². The number of nitrogens with zero attached hydrogens (tertiary/aromatic N) is 5. The molecule has 0 saturated carbocycles. The molecular formula is C32H31F3N6O2S. The second-order valence-corrected chi connectivity index (χ2v) is 11.8. The highest BCUT2D eigenvalue weighted by Gasteiger charge is 2.33. The van der Waals surface area contributed by atoms with Crippen molar-refractivity contribution in [3.05, 3.63) is 95.3 Å². The first kappa shape index (κ1) is 31.0. The number of carbonyl (C=O) groups excluding carboxylic acids is 2. The SMILES string of the molecule is Cc1ccc(C(C)C)c(N2C(=O)CSC2=NC(=O)NCC(C)c2ccc(-c3ncn(-c4ccc(C(F)(F)F)cc4)n3)cc2)c1. The molecule has 12 heteroatoms. The summed E-state index contributed by atoms with van der Waals surface area (Å²) in [4.78, 5) is 35.7. The lowest BCUT2D eigenvalue weighted by Crippen LogP contribution is -2.33. The van der Waals surface area contributed by atoms with Crippen LogP contribution in [0.15, 0.2) is 78.0 Å². The van der Waals surface area contributed by atoms with E-state index in [1.807, 2.05) is 56.3 Å². The Hall–Kier alpha value is -4.45. The van der Waals surface area contributed by atoms with Gasteiger partial charge in [0.05, 0.1) is 22.7 Å². The number of benzene rings is 3. The minimum Gasteiger partial charge on any atom is -0.336 e. The zero-order chi connectivity index (χ0) is 31.6. The van der Waals surface area contributed by atoms with E-state index in [0.717, 1.165) is 40.1 Å². The summed E-state index contributed by atoms with van der Waals surface area (Å²) in [5, 5.41) is 7.61. The van der Waals surface area contributed by atoms with E-state index >= 15 is 0 Å². The van der Waals surface area contributed by atoms with Gasteiger partial charge in [-0.15, -0.1) is 5.10 Å². The highest BCUT2D eigenvalue weighted by atomic mass is 32.2. The Morgan fingerprint density at radius 3 is 2.41 bits per heavy atom. The maximum atomic E-state index is 12.9. The molecule has 0 radical (unpaired) electrons. The van der Waals surface area contributed by atoms with E-state index < -0.39 is 17.8 Å². The maximum Gasteiger partial charge on any atom is 0.416 e. The van der Waals surface area contributed by atoms with Crippen molar-refractivity contribution in [1.29, 1.82) is 0 Å². The summed E-state index contributed by atoms with van der Waals surface area (Å²) in [6.45, 7) is 8.39. The van der Waals surface area contributed by atoms with Crippen molar-refractivity contribution in [3.8, 4) is 17.1 Å². The molecule has 0 bridgehead atoms. The molecule has 2 heterocycles. The fraction of sp³-hybridized carbons (Fsp3) is 0.281. The highest BCUT2D eigenvalue weighted by Crippen LogP contribution is 2.34. The van der Waals surface area contributed by atoms with Gasteiger partial charge in [-0.1, -0.05) is 68.9 Å². The van der Waals surface area contributed by atoms with E-state index in [1.54, 1.807) is 4.90 Å². The van der Waals surface area contributed by atoms with E-state index in [1.165, 1.54) is 34.9 Å². The Morgan fingerprint density at radius 2 is 1.75 bits per heavy atom. The van der Waals surface area contributed by atoms with Crippen LogP contribution in [-0.4, -0.2) is 44.2 Å². The summed E-state index contributed by atoms with van der Waals surface area (Å²) in [5.74, 6) is 0.690. The van der Waals surface area contributed by atoms with Gasteiger partial charge < -0.3 is 5.32 Å². The number of aliphatic imine (C=N–C) groups is 1. The number of nitrogens with one attached hydrogen (secondary N) is 1. The summed E-state index contributed by atoms with van der Waals surface area (Å²) in [5.41, 5.74) is 4.23. The highest BCUT2D eigenvalue weighted by molar-refractivity contribution is 8.15. The number of amidine groups is 1. The van der Waals surface area contributed by atoms with Gasteiger partial charge in [-0.3, -0.25) is 9.69 Å². The zero-order valence-corrected chi connectivity index (χ0v) is 25.4. The molecule has 3 aromatic carbocycles. The van der Waals surface area contributed by atoms with Crippen LogP contribution in [0.1, 0.15) is 54.9 Å². The Balaban J connectivity index is 1.22. The summed E-state index contributed by atoms with van der Waals surface area (Å²) in [7, 11) is 0. The number of amides is 3. The number of urea groups is 1. The summed E-state index contributed by atoms with van der Waals surface area (Å²) in [6, 6.07) is 17.7. The van der Waals surface area contributed by atoms with Crippen molar-refractivity contribution in [2.45, 2.75) is 45.7 Å². The van der Waals surface area contributed by atoms with E-state index in [0.29, 0.717) is 23.2 Å². The molecule has 44 heavy (non-hydrogen) atoms. The van der Waals surface area contributed by atoms with Gasteiger partial charge in [-0.2, -0.15) is 18.2 Å². The number of hydrogen-bond donors (Lipinski definition) is 1. The van der Waals surface area contributed by atoms with Gasteiger partial charge in [0.15, 0.2) is 11.0 Å². The van der Waals surface area contributed by atoms with Gasteiger partial charge in [-0.05, 0) is 65.8 Å². The van der Waals surface area contributed by atoms with Gasteiger partial charge in [0.2, 0.25) is 5.91 Å². The summed E-state index contributed by atoms with van der Waals surface area (Å²) < 4.78 is 40.0. The molecular weight excluding hydrogens is 589 g/mol.